The quantitative estimate of drug-likeness (QED) is 0.915. The highest BCUT2D eigenvalue weighted by molar-refractivity contribution is 6.33. The van der Waals surface area contributed by atoms with Gasteiger partial charge in [0.05, 0.1) is 0 Å². The molecule has 0 spiro atoms. The molecular weight excluding hydrogens is 267 g/mol. The molecule has 2 rings (SSSR count). The van der Waals surface area contributed by atoms with Gasteiger partial charge in [0.25, 0.3) is 0 Å². The third-order valence-electron chi connectivity index (χ3n) is 3.63. The van der Waals surface area contributed by atoms with Crippen LogP contribution in [0.5, 0.6) is 0 Å². The number of likely N-dealkylation sites (tertiary alicyclic amines) is 1. The van der Waals surface area contributed by atoms with Gasteiger partial charge in [-0.25, -0.2) is 0 Å². The summed E-state index contributed by atoms with van der Waals surface area (Å²) in [4.78, 5) is 2.49. The molecule has 18 heavy (non-hydrogen) atoms. The largest absolute Gasteiger partial charge is 0.330 e. The lowest BCUT2D eigenvalue weighted by Gasteiger charge is -2.35. The molecule has 1 heterocycles. The van der Waals surface area contributed by atoms with Gasteiger partial charge in [-0.2, -0.15) is 0 Å². The number of hydrogen-bond acceptors (Lipinski definition) is 2. The van der Waals surface area contributed by atoms with Crippen molar-refractivity contribution < 1.29 is 0 Å². The molecular formula is C14H20Cl2N2. The normalized spacial score (nSPS) is 21.2. The van der Waals surface area contributed by atoms with Gasteiger partial charge in [0.15, 0.2) is 0 Å². The number of nitrogens with zero attached hydrogens (tertiary/aromatic N) is 1. The number of halogens is 2. The van der Waals surface area contributed by atoms with E-state index in [-0.39, 0.29) is 0 Å². The van der Waals surface area contributed by atoms with Gasteiger partial charge >= 0.3 is 0 Å². The van der Waals surface area contributed by atoms with Crippen LogP contribution in [0.15, 0.2) is 18.2 Å². The minimum absolute atomic E-state index is 0.596. The Hall–Kier alpha value is -0.280. The van der Waals surface area contributed by atoms with Crippen LogP contribution >= 0.6 is 23.2 Å². The number of rotatable bonds is 4. The molecule has 0 aliphatic carbocycles. The zero-order valence-electron chi connectivity index (χ0n) is 10.5. The summed E-state index contributed by atoms with van der Waals surface area (Å²) in [5.74, 6) is 0. The third-order valence-corrected chi connectivity index (χ3v) is 4.23. The van der Waals surface area contributed by atoms with Crippen molar-refractivity contribution in [3.05, 3.63) is 33.8 Å². The summed E-state index contributed by atoms with van der Waals surface area (Å²) in [7, 11) is 0. The summed E-state index contributed by atoms with van der Waals surface area (Å²) in [6.45, 7) is 2.77. The Kier molecular flexibility index (Phi) is 5.31. The van der Waals surface area contributed by atoms with Crippen LogP contribution in [0.25, 0.3) is 0 Å². The van der Waals surface area contributed by atoms with Crippen molar-refractivity contribution in [2.45, 2.75) is 38.3 Å². The highest BCUT2D eigenvalue weighted by Gasteiger charge is 2.22. The lowest BCUT2D eigenvalue weighted by Crippen LogP contribution is -2.40. The van der Waals surface area contributed by atoms with Crippen molar-refractivity contribution in [1.82, 2.24) is 4.90 Å². The molecule has 1 fully saturated rings. The lowest BCUT2D eigenvalue weighted by molar-refractivity contribution is 0.134. The van der Waals surface area contributed by atoms with Crippen molar-refractivity contribution in [3.63, 3.8) is 0 Å². The van der Waals surface area contributed by atoms with Crippen LogP contribution in [0.1, 0.15) is 31.2 Å². The molecule has 1 aromatic carbocycles. The molecule has 1 unspecified atom stereocenters. The van der Waals surface area contributed by atoms with Crippen molar-refractivity contribution >= 4 is 23.2 Å². The van der Waals surface area contributed by atoms with Crippen LogP contribution in [-0.4, -0.2) is 24.0 Å². The molecule has 0 bridgehead atoms. The summed E-state index contributed by atoms with van der Waals surface area (Å²) < 4.78 is 0. The number of benzene rings is 1. The smallest absolute Gasteiger partial charge is 0.0452 e. The van der Waals surface area contributed by atoms with E-state index in [9.17, 15) is 0 Å². The fraction of sp³-hybridized carbons (Fsp3) is 0.571. The Morgan fingerprint density at radius 1 is 1.28 bits per heavy atom. The molecule has 4 heteroatoms. The SMILES string of the molecule is NCCC1CCCCN1Cc1cc(Cl)ccc1Cl. The zero-order chi connectivity index (χ0) is 13.0. The molecule has 0 amide bonds. The maximum atomic E-state index is 6.23. The zero-order valence-corrected chi connectivity index (χ0v) is 12.1. The Balaban J connectivity index is 2.08. The highest BCUT2D eigenvalue weighted by Crippen LogP contribution is 2.26. The Morgan fingerprint density at radius 2 is 2.11 bits per heavy atom. The van der Waals surface area contributed by atoms with Crippen LogP contribution in [-0.2, 0) is 6.54 Å². The molecule has 1 saturated heterocycles. The van der Waals surface area contributed by atoms with Gasteiger partial charge < -0.3 is 5.73 Å². The van der Waals surface area contributed by atoms with Crippen molar-refractivity contribution in [2.24, 2.45) is 5.73 Å². The molecule has 1 aliphatic rings. The first-order valence-electron chi connectivity index (χ1n) is 6.58. The summed E-state index contributed by atoms with van der Waals surface area (Å²) in [6.07, 6.45) is 4.89. The van der Waals surface area contributed by atoms with Gasteiger partial charge in [0, 0.05) is 22.6 Å². The van der Waals surface area contributed by atoms with Gasteiger partial charge in [0.1, 0.15) is 0 Å². The van der Waals surface area contributed by atoms with Crippen molar-refractivity contribution in [3.8, 4) is 0 Å². The summed E-state index contributed by atoms with van der Waals surface area (Å²) in [6, 6.07) is 6.28. The third kappa shape index (κ3) is 3.61. The monoisotopic (exact) mass is 286 g/mol. The first-order valence-corrected chi connectivity index (χ1v) is 7.34. The van der Waals surface area contributed by atoms with Crippen LogP contribution in [0.2, 0.25) is 10.0 Å². The average Bonchev–Trinajstić information content (AvgIpc) is 2.36. The number of piperidine rings is 1. The van der Waals surface area contributed by atoms with E-state index in [1.54, 1.807) is 0 Å². The van der Waals surface area contributed by atoms with E-state index in [0.717, 1.165) is 41.7 Å². The van der Waals surface area contributed by atoms with Gasteiger partial charge in [-0.05, 0) is 56.1 Å². The van der Waals surface area contributed by atoms with Gasteiger partial charge in [-0.3, -0.25) is 4.90 Å². The second-order valence-electron chi connectivity index (χ2n) is 4.93. The second kappa shape index (κ2) is 6.76. The highest BCUT2D eigenvalue weighted by atomic mass is 35.5. The minimum Gasteiger partial charge on any atom is -0.330 e. The Morgan fingerprint density at radius 3 is 2.89 bits per heavy atom. The first kappa shape index (κ1) is 14.1. The molecule has 1 aliphatic heterocycles. The molecule has 1 aromatic rings. The van der Waals surface area contributed by atoms with Gasteiger partial charge in [0.2, 0.25) is 0 Å². The molecule has 100 valence electrons. The van der Waals surface area contributed by atoms with Crippen LogP contribution in [0, 0.1) is 0 Å². The van der Waals surface area contributed by atoms with Gasteiger partial charge in [-0.15, -0.1) is 0 Å². The first-order chi connectivity index (χ1) is 8.70. The number of nitrogens with two attached hydrogens (primary N) is 1. The summed E-state index contributed by atoms with van der Waals surface area (Å²) >= 11 is 12.3. The topological polar surface area (TPSA) is 29.3 Å². The Labute approximate surface area is 119 Å². The van der Waals surface area contributed by atoms with Crippen molar-refractivity contribution in [1.29, 1.82) is 0 Å². The molecule has 0 aromatic heterocycles. The second-order valence-corrected chi connectivity index (χ2v) is 5.78. The molecule has 0 saturated carbocycles. The van der Waals surface area contributed by atoms with Gasteiger partial charge in [-0.1, -0.05) is 29.6 Å². The van der Waals surface area contributed by atoms with Crippen LogP contribution < -0.4 is 5.73 Å². The fourth-order valence-corrected chi connectivity index (χ4v) is 3.04. The van der Waals surface area contributed by atoms with Crippen LogP contribution in [0.4, 0.5) is 0 Å². The number of hydrogen-bond donors (Lipinski definition) is 1. The Bertz CT molecular complexity index is 393. The standard InChI is InChI=1S/C14H20Cl2N2/c15-12-4-5-14(16)11(9-12)10-18-8-2-1-3-13(18)6-7-17/h4-5,9,13H,1-3,6-8,10,17H2. The van der Waals surface area contributed by atoms with E-state index in [1.807, 2.05) is 18.2 Å². The summed E-state index contributed by atoms with van der Waals surface area (Å²) in [5.41, 5.74) is 6.81. The van der Waals surface area contributed by atoms with E-state index < -0.39 is 0 Å². The van der Waals surface area contributed by atoms with E-state index in [1.165, 1.54) is 19.3 Å². The van der Waals surface area contributed by atoms with E-state index in [0.29, 0.717) is 6.04 Å². The molecule has 2 N–H and O–H groups in total. The van der Waals surface area contributed by atoms with Crippen LogP contribution in [0.3, 0.4) is 0 Å². The summed E-state index contributed by atoms with van der Waals surface area (Å²) in [5, 5.41) is 1.55. The maximum absolute atomic E-state index is 6.23. The predicted octanol–water partition coefficient (Wildman–Crippen LogP) is 3.70. The lowest BCUT2D eigenvalue weighted by atomic mass is 9.98. The molecule has 0 radical (unpaired) electrons. The average molecular weight is 287 g/mol. The molecule has 1 atom stereocenters. The van der Waals surface area contributed by atoms with Crippen molar-refractivity contribution in [2.75, 3.05) is 13.1 Å². The van der Waals surface area contributed by atoms with E-state index in [4.69, 9.17) is 28.9 Å². The van der Waals surface area contributed by atoms with E-state index >= 15 is 0 Å². The maximum Gasteiger partial charge on any atom is 0.0452 e. The fourth-order valence-electron chi connectivity index (χ4n) is 2.67. The predicted molar refractivity (Wildman–Crippen MR) is 78.2 cm³/mol. The van der Waals surface area contributed by atoms with E-state index in [2.05, 4.69) is 4.90 Å². The molecule has 2 nitrogen and oxygen atoms in total. The minimum atomic E-state index is 0.596.